The number of rotatable bonds is 2. The van der Waals surface area contributed by atoms with E-state index in [-0.39, 0.29) is 11.7 Å². The van der Waals surface area contributed by atoms with Gasteiger partial charge in [-0.15, -0.1) is 0 Å². The molecule has 23 heavy (non-hydrogen) atoms. The summed E-state index contributed by atoms with van der Waals surface area (Å²) in [6.45, 7) is 0. The second-order valence-corrected chi connectivity index (χ2v) is 6.39. The largest absolute Gasteiger partial charge is 0.508 e. The van der Waals surface area contributed by atoms with E-state index in [9.17, 15) is 9.90 Å². The van der Waals surface area contributed by atoms with Crippen LogP contribution < -0.4 is 0 Å². The van der Waals surface area contributed by atoms with Crippen molar-refractivity contribution in [1.82, 2.24) is 4.90 Å². The number of phenols is 1. The molecule has 0 saturated carbocycles. The Morgan fingerprint density at radius 2 is 2.00 bits per heavy atom. The third-order valence-electron chi connectivity index (χ3n) is 3.20. The van der Waals surface area contributed by atoms with Crippen molar-refractivity contribution >= 4 is 46.2 Å². The lowest BCUT2D eigenvalue weighted by atomic mass is 10.2. The summed E-state index contributed by atoms with van der Waals surface area (Å²) in [7, 11) is 1.68. The third-order valence-corrected chi connectivity index (χ3v) is 4.50. The van der Waals surface area contributed by atoms with Crippen LogP contribution in [0.2, 0.25) is 5.02 Å². The molecule has 116 valence electrons. The summed E-state index contributed by atoms with van der Waals surface area (Å²) >= 11 is 7.26. The summed E-state index contributed by atoms with van der Waals surface area (Å²) in [6, 6.07) is 13.9. The van der Waals surface area contributed by atoms with Crippen molar-refractivity contribution in [3.8, 4) is 5.75 Å². The Bertz CT molecular complexity index is 833. The molecule has 1 fully saturated rings. The maximum atomic E-state index is 12.3. The van der Waals surface area contributed by atoms with Crippen LogP contribution >= 0.6 is 23.4 Å². The summed E-state index contributed by atoms with van der Waals surface area (Å²) in [4.78, 5) is 18.8. The van der Waals surface area contributed by atoms with E-state index in [0.29, 0.717) is 20.8 Å². The van der Waals surface area contributed by atoms with Gasteiger partial charge in [0.25, 0.3) is 5.91 Å². The molecule has 3 rings (SSSR count). The highest BCUT2D eigenvalue weighted by molar-refractivity contribution is 8.18. The number of benzene rings is 2. The lowest BCUT2D eigenvalue weighted by molar-refractivity contribution is -0.121. The number of hydrogen-bond donors (Lipinski definition) is 1. The number of carbonyl (C=O) groups is 1. The smallest absolute Gasteiger partial charge is 0.266 e. The van der Waals surface area contributed by atoms with Crippen molar-refractivity contribution in [1.29, 1.82) is 0 Å². The average Bonchev–Trinajstić information content (AvgIpc) is 2.76. The van der Waals surface area contributed by atoms with Gasteiger partial charge in [0.1, 0.15) is 5.75 Å². The number of amides is 1. The van der Waals surface area contributed by atoms with Crippen LogP contribution in [0, 0.1) is 0 Å². The molecule has 1 aliphatic heterocycles. The predicted octanol–water partition coefficient (Wildman–Crippen LogP) is 4.28. The Labute approximate surface area is 143 Å². The van der Waals surface area contributed by atoms with Gasteiger partial charge in [0.05, 0.1) is 10.6 Å². The van der Waals surface area contributed by atoms with Crippen LogP contribution in [-0.2, 0) is 4.79 Å². The van der Waals surface area contributed by atoms with Gasteiger partial charge in [-0.2, -0.15) is 0 Å². The van der Waals surface area contributed by atoms with E-state index in [1.54, 1.807) is 49.5 Å². The first-order chi connectivity index (χ1) is 11.0. The SMILES string of the molecule is CN1C(=O)/C(=C/c2cccc(Cl)c2)SC1=Nc1cccc(O)c1. The van der Waals surface area contributed by atoms with E-state index in [2.05, 4.69) is 4.99 Å². The Morgan fingerprint density at radius 3 is 2.74 bits per heavy atom. The van der Waals surface area contributed by atoms with Gasteiger partial charge in [0, 0.05) is 18.1 Å². The molecule has 0 atom stereocenters. The van der Waals surface area contributed by atoms with Gasteiger partial charge in [-0.3, -0.25) is 9.69 Å². The summed E-state index contributed by atoms with van der Waals surface area (Å²) < 4.78 is 0. The summed E-state index contributed by atoms with van der Waals surface area (Å²) in [5.41, 5.74) is 1.46. The molecule has 0 bridgehead atoms. The zero-order valence-electron chi connectivity index (χ0n) is 12.2. The second kappa shape index (κ2) is 6.48. The van der Waals surface area contributed by atoms with E-state index in [1.807, 2.05) is 12.1 Å². The first-order valence-corrected chi connectivity index (χ1v) is 8.03. The normalized spacial score (nSPS) is 18.2. The van der Waals surface area contributed by atoms with Gasteiger partial charge in [0.15, 0.2) is 5.17 Å². The lowest BCUT2D eigenvalue weighted by Gasteiger charge is -2.07. The molecule has 6 heteroatoms. The van der Waals surface area contributed by atoms with Crippen molar-refractivity contribution < 1.29 is 9.90 Å². The topological polar surface area (TPSA) is 52.9 Å². The fourth-order valence-electron chi connectivity index (χ4n) is 2.07. The van der Waals surface area contributed by atoms with E-state index in [4.69, 9.17) is 11.6 Å². The Hall–Kier alpha value is -2.24. The maximum absolute atomic E-state index is 12.3. The first kappa shape index (κ1) is 15.6. The number of halogens is 1. The van der Waals surface area contributed by atoms with Crippen LogP contribution in [0.25, 0.3) is 6.08 Å². The number of nitrogens with zero attached hydrogens (tertiary/aromatic N) is 2. The van der Waals surface area contributed by atoms with Gasteiger partial charge in [-0.1, -0.05) is 29.8 Å². The Kier molecular flexibility index (Phi) is 4.41. The molecule has 2 aromatic rings. The number of phenolic OH excluding ortho intramolecular Hbond substituents is 1. The van der Waals surface area contributed by atoms with Gasteiger partial charge < -0.3 is 5.11 Å². The van der Waals surface area contributed by atoms with Crippen LogP contribution in [0.15, 0.2) is 58.4 Å². The number of thioether (sulfide) groups is 1. The molecule has 0 spiro atoms. The van der Waals surface area contributed by atoms with Crippen molar-refractivity contribution in [3.63, 3.8) is 0 Å². The quantitative estimate of drug-likeness (QED) is 0.827. The maximum Gasteiger partial charge on any atom is 0.266 e. The zero-order valence-corrected chi connectivity index (χ0v) is 13.8. The molecule has 0 aromatic heterocycles. The van der Waals surface area contributed by atoms with Crippen LogP contribution in [0.3, 0.4) is 0 Å². The Balaban J connectivity index is 1.91. The molecule has 1 N–H and O–H groups in total. The average molecular weight is 345 g/mol. The van der Waals surface area contributed by atoms with Crippen LogP contribution in [-0.4, -0.2) is 28.1 Å². The van der Waals surface area contributed by atoms with Crippen molar-refractivity contribution in [3.05, 3.63) is 64.0 Å². The molecule has 1 aliphatic rings. The number of hydrogen-bond acceptors (Lipinski definition) is 4. The number of aromatic hydroxyl groups is 1. The van der Waals surface area contributed by atoms with E-state index < -0.39 is 0 Å². The highest BCUT2D eigenvalue weighted by Gasteiger charge is 2.30. The number of likely N-dealkylation sites (N-methyl/N-ethyl adjacent to an activating group) is 1. The predicted molar refractivity (Wildman–Crippen MR) is 95.0 cm³/mol. The van der Waals surface area contributed by atoms with E-state index in [1.165, 1.54) is 16.7 Å². The van der Waals surface area contributed by atoms with Gasteiger partial charge in [0.2, 0.25) is 0 Å². The molecular weight excluding hydrogens is 332 g/mol. The fourth-order valence-corrected chi connectivity index (χ4v) is 3.26. The lowest BCUT2D eigenvalue weighted by Crippen LogP contribution is -2.23. The highest BCUT2D eigenvalue weighted by Crippen LogP contribution is 2.33. The molecule has 0 radical (unpaired) electrons. The first-order valence-electron chi connectivity index (χ1n) is 6.84. The summed E-state index contributed by atoms with van der Waals surface area (Å²) in [5.74, 6) is 0.0207. The van der Waals surface area contributed by atoms with Gasteiger partial charge in [-0.25, -0.2) is 4.99 Å². The number of aliphatic imine (C=N–C) groups is 1. The monoisotopic (exact) mass is 344 g/mol. The summed E-state index contributed by atoms with van der Waals surface area (Å²) in [6.07, 6.45) is 1.79. The zero-order chi connectivity index (χ0) is 16.4. The molecule has 1 heterocycles. The molecule has 0 aliphatic carbocycles. The van der Waals surface area contributed by atoms with Gasteiger partial charge >= 0.3 is 0 Å². The minimum atomic E-state index is -0.117. The number of amidine groups is 1. The molecule has 4 nitrogen and oxygen atoms in total. The molecule has 1 saturated heterocycles. The van der Waals surface area contributed by atoms with Crippen LogP contribution in [0.5, 0.6) is 5.75 Å². The summed E-state index contributed by atoms with van der Waals surface area (Å²) in [5, 5.41) is 10.7. The Morgan fingerprint density at radius 1 is 1.22 bits per heavy atom. The van der Waals surface area contributed by atoms with Crippen molar-refractivity contribution in [2.24, 2.45) is 4.99 Å². The number of carbonyl (C=O) groups excluding carboxylic acids is 1. The molecule has 2 aromatic carbocycles. The van der Waals surface area contributed by atoms with E-state index in [0.717, 1.165) is 5.56 Å². The minimum absolute atomic E-state index is 0.117. The molecule has 1 amide bonds. The van der Waals surface area contributed by atoms with Gasteiger partial charge in [-0.05, 0) is 47.7 Å². The molecular formula is C17H13ClN2O2S. The standard InChI is InChI=1S/C17H13ClN2O2S/c1-20-16(22)15(9-11-4-2-5-12(18)8-11)23-17(20)19-13-6-3-7-14(21)10-13/h2-10,21H,1H3/b15-9-,19-17?. The fraction of sp³-hybridized carbons (Fsp3) is 0.0588. The highest BCUT2D eigenvalue weighted by atomic mass is 35.5. The van der Waals surface area contributed by atoms with E-state index >= 15 is 0 Å². The minimum Gasteiger partial charge on any atom is -0.508 e. The van der Waals surface area contributed by atoms with Crippen molar-refractivity contribution in [2.45, 2.75) is 0 Å². The molecule has 0 unspecified atom stereocenters. The third kappa shape index (κ3) is 3.57. The van der Waals surface area contributed by atoms with Crippen molar-refractivity contribution in [2.75, 3.05) is 7.05 Å². The van der Waals surface area contributed by atoms with Crippen LogP contribution in [0.4, 0.5) is 5.69 Å². The van der Waals surface area contributed by atoms with Crippen LogP contribution in [0.1, 0.15) is 5.56 Å². The second-order valence-electron chi connectivity index (χ2n) is 4.94.